The summed E-state index contributed by atoms with van der Waals surface area (Å²) < 4.78 is 0. The van der Waals surface area contributed by atoms with E-state index in [4.69, 9.17) is 0 Å². The van der Waals surface area contributed by atoms with E-state index in [1.807, 2.05) is 0 Å². The van der Waals surface area contributed by atoms with Gasteiger partial charge in [-0.25, -0.2) is 0 Å². The zero-order valence-electron chi connectivity index (χ0n) is 8.11. The number of rotatable bonds is 2. The maximum atomic E-state index is 3.65. The molecule has 2 unspecified atom stereocenters. The number of nitrogens with one attached hydrogen (secondary N) is 1. The fraction of sp³-hybridized carbons (Fsp3) is 1.00. The van der Waals surface area contributed by atoms with Crippen molar-refractivity contribution in [2.45, 2.75) is 52.0 Å². The molecule has 0 aromatic carbocycles. The van der Waals surface area contributed by atoms with Crippen LogP contribution in [0.3, 0.4) is 0 Å². The van der Waals surface area contributed by atoms with Crippen molar-refractivity contribution < 1.29 is 0 Å². The Kier molecular flexibility index (Phi) is 2.94. The van der Waals surface area contributed by atoms with Crippen LogP contribution >= 0.6 is 0 Å². The van der Waals surface area contributed by atoms with Crippen LogP contribution < -0.4 is 5.32 Å². The van der Waals surface area contributed by atoms with E-state index in [1.165, 1.54) is 32.2 Å². The van der Waals surface area contributed by atoms with E-state index < -0.39 is 0 Å². The van der Waals surface area contributed by atoms with Gasteiger partial charge >= 0.3 is 0 Å². The van der Waals surface area contributed by atoms with Crippen molar-refractivity contribution in [3.05, 3.63) is 0 Å². The number of hydrogen-bond acceptors (Lipinski definition) is 1. The van der Waals surface area contributed by atoms with E-state index in [1.54, 1.807) is 0 Å². The minimum Gasteiger partial charge on any atom is -0.311 e. The quantitative estimate of drug-likeness (QED) is 0.646. The molecule has 1 heterocycles. The molecule has 1 aliphatic rings. The topological polar surface area (TPSA) is 12.0 Å². The summed E-state index contributed by atoms with van der Waals surface area (Å²) in [5.74, 6) is 0.858. The van der Waals surface area contributed by atoms with Gasteiger partial charge in [0, 0.05) is 5.54 Å². The fourth-order valence-corrected chi connectivity index (χ4v) is 2.13. The van der Waals surface area contributed by atoms with Crippen molar-refractivity contribution in [3.63, 3.8) is 0 Å². The monoisotopic (exact) mass is 155 g/mol. The molecular formula is C10H21N. The van der Waals surface area contributed by atoms with Gasteiger partial charge in [-0.1, -0.05) is 20.3 Å². The molecule has 0 bridgehead atoms. The van der Waals surface area contributed by atoms with Crippen LogP contribution in [-0.4, -0.2) is 12.1 Å². The van der Waals surface area contributed by atoms with Gasteiger partial charge in [-0.2, -0.15) is 0 Å². The van der Waals surface area contributed by atoms with Crippen LogP contribution in [0.15, 0.2) is 0 Å². The second kappa shape index (κ2) is 3.57. The Morgan fingerprint density at radius 1 is 1.55 bits per heavy atom. The average molecular weight is 155 g/mol. The van der Waals surface area contributed by atoms with Crippen molar-refractivity contribution in [2.75, 3.05) is 6.54 Å². The molecule has 0 aromatic rings. The summed E-state index contributed by atoms with van der Waals surface area (Å²) >= 11 is 0. The third kappa shape index (κ3) is 1.96. The lowest BCUT2D eigenvalue weighted by Crippen LogP contribution is -2.51. The van der Waals surface area contributed by atoms with Crippen LogP contribution in [0.4, 0.5) is 0 Å². The zero-order valence-corrected chi connectivity index (χ0v) is 8.11. The standard InChI is InChI=1S/C10H21N/c1-4-7-10(3)9(2)6-5-8-11-10/h9,11H,4-8H2,1-3H3. The summed E-state index contributed by atoms with van der Waals surface area (Å²) in [4.78, 5) is 0. The third-order valence-electron chi connectivity index (χ3n) is 3.20. The first kappa shape index (κ1) is 9.05. The van der Waals surface area contributed by atoms with E-state index >= 15 is 0 Å². The summed E-state index contributed by atoms with van der Waals surface area (Å²) in [7, 11) is 0. The van der Waals surface area contributed by atoms with Crippen molar-refractivity contribution in [1.82, 2.24) is 5.32 Å². The Balaban J connectivity index is 2.49. The molecule has 0 radical (unpaired) electrons. The average Bonchev–Trinajstić information content (AvgIpc) is 1.96. The molecule has 66 valence electrons. The van der Waals surface area contributed by atoms with Crippen molar-refractivity contribution >= 4 is 0 Å². The lowest BCUT2D eigenvalue weighted by atomic mass is 9.78. The Morgan fingerprint density at radius 3 is 2.82 bits per heavy atom. The largest absolute Gasteiger partial charge is 0.311 e. The molecule has 0 saturated carbocycles. The first-order chi connectivity index (χ1) is 5.19. The van der Waals surface area contributed by atoms with Gasteiger partial charge in [0.2, 0.25) is 0 Å². The second-order valence-corrected chi connectivity index (χ2v) is 4.14. The second-order valence-electron chi connectivity index (χ2n) is 4.14. The van der Waals surface area contributed by atoms with E-state index in [0.717, 1.165) is 5.92 Å². The van der Waals surface area contributed by atoms with Crippen LogP contribution in [-0.2, 0) is 0 Å². The predicted octanol–water partition coefficient (Wildman–Crippen LogP) is 2.56. The maximum Gasteiger partial charge on any atom is 0.0178 e. The fourth-order valence-electron chi connectivity index (χ4n) is 2.13. The molecule has 1 saturated heterocycles. The van der Waals surface area contributed by atoms with Crippen LogP contribution in [0.2, 0.25) is 0 Å². The molecule has 1 fully saturated rings. The Bertz CT molecular complexity index is 118. The molecule has 0 aromatic heterocycles. The SMILES string of the molecule is CCCC1(C)NCCCC1C. The highest BCUT2D eigenvalue weighted by Gasteiger charge is 2.31. The smallest absolute Gasteiger partial charge is 0.0178 e. The predicted molar refractivity (Wildman–Crippen MR) is 49.7 cm³/mol. The van der Waals surface area contributed by atoms with E-state index in [9.17, 15) is 0 Å². The minimum absolute atomic E-state index is 0.437. The van der Waals surface area contributed by atoms with Crippen molar-refractivity contribution in [1.29, 1.82) is 0 Å². The molecule has 1 rings (SSSR count). The Morgan fingerprint density at radius 2 is 2.27 bits per heavy atom. The first-order valence-corrected chi connectivity index (χ1v) is 4.94. The van der Waals surface area contributed by atoms with Gasteiger partial charge in [-0.3, -0.25) is 0 Å². The van der Waals surface area contributed by atoms with Gasteiger partial charge in [-0.15, -0.1) is 0 Å². The highest BCUT2D eigenvalue weighted by molar-refractivity contribution is 4.90. The highest BCUT2D eigenvalue weighted by Crippen LogP contribution is 2.29. The van der Waals surface area contributed by atoms with Crippen LogP contribution in [0.5, 0.6) is 0 Å². The molecule has 1 N–H and O–H groups in total. The zero-order chi connectivity index (χ0) is 8.32. The molecule has 0 amide bonds. The van der Waals surface area contributed by atoms with Gasteiger partial charge in [0.15, 0.2) is 0 Å². The lowest BCUT2D eigenvalue weighted by Gasteiger charge is -2.41. The van der Waals surface area contributed by atoms with Crippen LogP contribution in [0.25, 0.3) is 0 Å². The van der Waals surface area contributed by atoms with Crippen LogP contribution in [0, 0.1) is 5.92 Å². The molecule has 0 spiro atoms. The van der Waals surface area contributed by atoms with Gasteiger partial charge in [0.25, 0.3) is 0 Å². The maximum absolute atomic E-state index is 3.65. The molecule has 1 aliphatic heterocycles. The molecule has 0 aliphatic carbocycles. The van der Waals surface area contributed by atoms with E-state index in [-0.39, 0.29) is 0 Å². The molecular weight excluding hydrogens is 134 g/mol. The van der Waals surface area contributed by atoms with Crippen molar-refractivity contribution in [3.8, 4) is 0 Å². The molecule has 1 heteroatoms. The van der Waals surface area contributed by atoms with E-state index in [0.29, 0.717) is 5.54 Å². The summed E-state index contributed by atoms with van der Waals surface area (Å²) in [5, 5.41) is 3.65. The number of hydrogen-bond donors (Lipinski definition) is 1. The lowest BCUT2D eigenvalue weighted by molar-refractivity contribution is 0.177. The summed E-state index contributed by atoms with van der Waals surface area (Å²) in [5.41, 5.74) is 0.437. The molecule has 11 heavy (non-hydrogen) atoms. The molecule has 1 nitrogen and oxygen atoms in total. The minimum atomic E-state index is 0.437. The van der Waals surface area contributed by atoms with Crippen LogP contribution in [0.1, 0.15) is 46.5 Å². The Labute approximate surface area is 70.6 Å². The van der Waals surface area contributed by atoms with E-state index in [2.05, 4.69) is 26.1 Å². The third-order valence-corrected chi connectivity index (χ3v) is 3.20. The van der Waals surface area contributed by atoms with Crippen molar-refractivity contribution in [2.24, 2.45) is 5.92 Å². The normalized spacial score (nSPS) is 39.0. The summed E-state index contributed by atoms with van der Waals surface area (Å²) in [6.07, 6.45) is 5.39. The van der Waals surface area contributed by atoms with Gasteiger partial charge in [-0.05, 0) is 38.6 Å². The first-order valence-electron chi connectivity index (χ1n) is 4.94. The van der Waals surface area contributed by atoms with Gasteiger partial charge < -0.3 is 5.32 Å². The Hall–Kier alpha value is -0.0400. The van der Waals surface area contributed by atoms with Gasteiger partial charge in [0.1, 0.15) is 0 Å². The summed E-state index contributed by atoms with van der Waals surface area (Å²) in [6.45, 7) is 8.25. The number of piperidine rings is 1. The van der Waals surface area contributed by atoms with Gasteiger partial charge in [0.05, 0.1) is 0 Å². The summed E-state index contributed by atoms with van der Waals surface area (Å²) in [6, 6.07) is 0. The highest BCUT2D eigenvalue weighted by atomic mass is 15.0. The molecule has 2 atom stereocenters.